The molecule has 5 nitrogen and oxygen atoms in total. The van der Waals surface area contributed by atoms with Crippen molar-refractivity contribution in [2.24, 2.45) is 5.92 Å². The molecule has 166 valence electrons. The van der Waals surface area contributed by atoms with E-state index in [9.17, 15) is 18.0 Å². The van der Waals surface area contributed by atoms with Gasteiger partial charge < -0.3 is 15.2 Å². The number of anilines is 1. The van der Waals surface area contributed by atoms with Crippen molar-refractivity contribution < 1.29 is 18.0 Å². The van der Waals surface area contributed by atoms with Crippen LogP contribution in [0.4, 0.5) is 18.9 Å². The fourth-order valence-electron chi connectivity index (χ4n) is 4.56. The lowest BCUT2D eigenvalue weighted by atomic mass is 9.81. The topological polar surface area (TPSA) is 61.0 Å². The first-order chi connectivity index (χ1) is 15.2. The average molecular weight is 440 g/mol. The molecule has 2 atom stereocenters. The number of piperidine rings is 1. The molecule has 32 heavy (non-hydrogen) atoms. The minimum Gasteiger partial charge on any atom is -0.346 e. The summed E-state index contributed by atoms with van der Waals surface area (Å²) >= 11 is 0. The highest BCUT2D eigenvalue weighted by Gasteiger charge is 2.39. The number of H-pyrrole nitrogens is 1. The molecule has 0 unspecified atom stereocenters. The maximum absolute atomic E-state index is 14.3. The van der Waals surface area contributed by atoms with Gasteiger partial charge in [-0.25, -0.2) is 4.98 Å². The summed E-state index contributed by atoms with van der Waals surface area (Å²) in [6, 6.07) is 6.18. The Bertz CT molecular complexity index is 1210. The average Bonchev–Trinajstić information content (AvgIpc) is 3.16. The molecule has 3 heterocycles. The number of benzene rings is 1. The van der Waals surface area contributed by atoms with E-state index >= 15 is 0 Å². The summed E-state index contributed by atoms with van der Waals surface area (Å²) in [5.74, 6) is 1.87. The Labute approximate surface area is 184 Å². The maximum Gasteiger partial charge on any atom is 0.419 e. The van der Waals surface area contributed by atoms with Crippen LogP contribution in [0.25, 0.3) is 11.0 Å². The van der Waals surface area contributed by atoms with Crippen molar-refractivity contribution in [1.82, 2.24) is 14.9 Å². The first kappa shape index (κ1) is 21.9. The second kappa shape index (κ2) is 8.32. The number of amides is 1. The van der Waals surface area contributed by atoms with E-state index in [4.69, 9.17) is 6.42 Å². The van der Waals surface area contributed by atoms with Crippen molar-refractivity contribution in [2.75, 3.05) is 25.5 Å². The number of carbonyl (C=O) groups excluding carboxylic acids is 1. The first-order valence-electron chi connectivity index (χ1n) is 10.3. The Morgan fingerprint density at radius 3 is 2.84 bits per heavy atom. The van der Waals surface area contributed by atoms with Crippen LogP contribution in [-0.2, 0) is 6.18 Å². The number of rotatable bonds is 3. The number of aromatic nitrogens is 2. The Kier molecular flexibility index (Phi) is 5.70. The lowest BCUT2D eigenvalue weighted by molar-refractivity contribution is -0.135. The van der Waals surface area contributed by atoms with E-state index in [2.05, 4.69) is 26.1 Å². The summed E-state index contributed by atoms with van der Waals surface area (Å²) in [7, 11) is 2.01. The zero-order valence-corrected chi connectivity index (χ0v) is 17.8. The molecule has 1 saturated heterocycles. The predicted octanol–water partition coefficient (Wildman–Crippen LogP) is 4.87. The smallest absolute Gasteiger partial charge is 0.346 e. The van der Waals surface area contributed by atoms with Gasteiger partial charge in [-0.15, -0.1) is 6.42 Å². The zero-order valence-electron chi connectivity index (χ0n) is 17.8. The number of hydrogen-bond acceptors (Lipinski definition) is 3. The number of hydrogen-bond donors (Lipinski definition) is 2. The predicted molar refractivity (Wildman–Crippen MR) is 117 cm³/mol. The molecule has 1 aromatic carbocycles. The van der Waals surface area contributed by atoms with Crippen LogP contribution in [0.5, 0.6) is 0 Å². The van der Waals surface area contributed by atoms with Crippen LogP contribution in [0.1, 0.15) is 46.3 Å². The van der Waals surface area contributed by atoms with Gasteiger partial charge in [0.05, 0.1) is 17.4 Å². The first-order valence-corrected chi connectivity index (χ1v) is 10.3. The third kappa shape index (κ3) is 4.08. The molecule has 1 amide bonds. The van der Waals surface area contributed by atoms with E-state index in [0.717, 1.165) is 25.7 Å². The molecule has 3 aromatic rings. The highest BCUT2D eigenvalue weighted by molar-refractivity contribution is 6.06. The summed E-state index contributed by atoms with van der Waals surface area (Å²) in [5.41, 5.74) is 0.129. The second-order valence-electron chi connectivity index (χ2n) is 8.33. The third-order valence-electron chi connectivity index (χ3n) is 6.06. The number of alkyl halides is 3. The molecule has 0 aliphatic carbocycles. The van der Waals surface area contributed by atoms with Crippen LogP contribution >= 0.6 is 0 Å². The van der Waals surface area contributed by atoms with Gasteiger partial charge in [0, 0.05) is 29.3 Å². The van der Waals surface area contributed by atoms with E-state index in [1.807, 2.05) is 14.0 Å². The monoisotopic (exact) mass is 440 g/mol. The normalized spacial score (nSPS) is 19.6. The highest BCUT2D eigenvalue weighted by Crippen LogP contribution is 2.44. The molecule has 1 aliphatic rings. The lowest BCUT2D eigenvalue weighted by Crippen LogP contribution is -2.35. The summed E-state index contributed by atoms with van der Waals surface area (Å²) in [6.07, 6.45) is 4.10. The van der Waals surface area contributed by atoms with Crippen LogP contribution in [-0.4, -0.2) is 40.9 Å². The number of nitrogens with zero attached hydrogens (tertiary/aromatic N) is 2. The summed E-state index contributed by atoms with van der Waals surface area (Å²) in [4.78, 5) is 22.0. The molecule has 2 aromatic heterocycles. The van der Waals surface area contributed by atoms with Crippen LogP contribution in [0.3, 0.4) is 0 Å². The Morgan fingerprint density at radius 1 is 1.38 bits per heavy atom. The number of terminal acetylenes is 1. The van der Waals surface area contributed by atoms with Crippen molar-refractivity contribution in [3.63, 3.8) is 0 Å². The van der Waals surface area contributed by atoms with E-state index in [0.29, 0.717) is 11.1 Å². The number of fused-ring (bicyclic) bond motifs is 1. The molecule has 1 fully saturated rings. The SMILES string of the molecule is C#Cc1cccc(C(=O)Nc2cnc3[nH]cc([C@@H]4CCN(C)C[C@@H]4C)c3c2C(F)(F)F)c1. The molecule has 0 radical (unpaired) electrons. The van der Waals surface area contributed by atoms with Gasteiger partial charge in [0.15, 0.2) is 0 Å². The van der Waals surface area contributed by atoms with Crippen molar-refractivity contribution in [3.05, 3.63) is 58.9 Å². The summed E-state index contributed by atoms with van der Waals surface area (Å²) in [6.45, 7) is 3.65. The van der Waals surface area contributed by atoms with Gasteiger partial charge >= 0.3 is 6.18 Å². The largest absolute Gasteiger partial charge is 0.419 e. The van der Waals surface area contributed by atoms with E-state index < -0.39 is 17.6 Å². The van der Waals surface area contributed by atoms with Gasteiger partial charge in [0.2, 0.25) is 0 Å². The fraction of sp³-hybridized carbons (Fsp3) is 0.333. The van der Waals surface area contributed by atoms with Crippen molar-refractivity contribution >= 4 is 22.6 Å². The minimum absolute atomic E-state index is 0.0223. The van der Waals surface area contributed by atoms with Gasteiger partial charge in [-0.1, -0.05) is 18.9 Å². The van der Waals surface area contributed by atoms with Crippen molar-refractivity contribution in [3.8, 4) is 12.3 Å². The van der Waals surface area contributed by atoms with Crippen LogP contribution < -0.4 is 5.32 Å². The maximum atomic E-state index is 14.3. The summed E-state index contributed by atoms with van der Waals surface area (Å²) < 4.78 is 42.9. The van der Waals surface area contributed by atoms with Gasteiger partial charge in [-0.2, -0.15) is 13.2 Å². The molecule has 0 spiro atoms. The number of carbonyl (C=O) groups is 1. The summed E-state index contributed by atoms with van der Waals surface area (Å²) in [5, 5.41) is 2.43. The van der Waals surface area contributed by atoms with Crippen LogP contribution in [0.2, 0.25) is 0 Å². The van der Waals surface area contributed by atoms with Crippen LogP contribution in [0, 0.1) is 18.3 Å². The highest BCUT2D eigenvalue weighted by atomic mass is 19.4. The fourth-order valence-corrected chi connectivity index (χ4v) is 4.56. The molecule has 2 N–H and O–H groups in total. The number of aromatic amines is 1. The van der Waals surface area contributed by atoms with Gasteiger partial charge in [-0.05, 0) is 55.6 Å². The third-order valence-corrected chi connectivity index (χ3v) is 6.06. The van der Waals surface area contributed by atoms with Crippen LogP contribution in [0.15, 0.2) is 36.7 Å². The molecular formula is C24H23F3N4O. The molecule has 0 saturated carbocycles. The van der Waals surface area contributed by atoms with Crippen molar-refractivity contribution in [2.45, 2.75) is 25.4 Å². The number of nitrogens with one attached hydrogen (secondary N) is 2. The standard InChI is InChI=1S/C24H23F3N4O/c1-4-15-6-5-7-16(10-15)23(32)30-19-12-29-22-20(21(19)24(25,26)27)18(11-28-22)17-8-9-31(3)13-14(17)2/h1,5-7,10-12,14,17H,8-9,13H2,2-3H3,(H,28,29)(H,30,32)/t14-,17+/m0/s1. The minimum atomic E-state index is -4.68. The quantitative estimate of drug-likeness (QED) is 0.572. The van der Waals surface area contributed by atoms with Crippen molar-refractivity contribution in [1.29, 1.82) is 0 Å². The van der Waals surface area contributed by atoms with E-state index in [1.165, 1.54) is 12.1 Å². The number of likely N-dealkylation sites (tertiary alicyclic amines) is 1. The molecule has 4 rings (SSSR count). The Balaban J connectivity index is 1.80. The number of halogens is 3. The van der Waals surface area contributed by atoms with Gasteiger partial charge in [-0.3, -0.25) is 4.79 Å². The van der Waals surface area contributed by atoms with E-state index in [-0.39, 0.29) is 34.1 Å². The Hall–Kier alpha value is -3.31. The van der Waals surface area contributed by atoms with Gasteiger partial charge in [0.1, 0.15) is 5.65 Å². The van der Waals surface area contributed by atoms with E-state index in [1.54, 1.807) is 18.3 Å². The Morgan fingerprint density at radius 2 is 2.16 bits per heavy atom. The zero-order chi connectivity index (χ0) is 23.0. The number of pyridine rings is 1. The lowest BCUT2D eigenvalue weighted by Gasteiger charge is -2.35. The molecular weight excluding hydrogens is 417 g/mol. The second-order valence-corrected chi connectivity index (χ2v) is 8.33. The molecule has 0 bridgehead atoms. The molecule has 1 aliphatic heterocycles. The van der Waals surface area contributed by atoms with Gasteiger partial charge in [0.25, 0.3) is 5.91 Å². The molecule has 8 heteroatoms.